The van der Waals surface area contributed by atoms with Gasteiger partial charge in [0, 0.05) is 22.1 Å². The van der Waals surface area contributed by atoms with Crippen LogP contribution in [0.2, 0.25) is 0 Å². The first-order chi connectivity index (χ1) is 25.7. The van der Waals surface area contributed by atoms with Crippen LogP contribution in [-0.2, 0) is 0 Å². The van der Waals surface area contributed by atoms with Crippen LogP contribution in [0.5, 0.6) is 0 Å². The molecule has 0 spiro atoms. The van der Waals surface area contributed by atoms with E-state index in [4.69, 9.17) is 9.97 Å². The Morgan fingerprint density at radius 2 is 1.10 bits per heavy atom. The van der Waals surface area contributed by atoms with Crippen LogP contribution < -0.4 is 0 Å². The van der Waals surface area contributed by atoms with Gasteiger partial charge in [-0.2, -0.15) is 0 Å². The van der Waals surface area contributed by atoms with E-state index in [1.54, 1.807) is 0 Å². The maximum atomic E-state index is 5.47. The fourth-order valence-electron chi connectivity index (χ4n) is 8.07. The Kier molecular flexibility index (Phi) is 7.17. The van der Waals surface area contributed by atoms with Crippen molar-refractivity contribution in [2.24, 2.45) is 5.92 Å². The molecular formula is C49H35N3. The Morgan fingerprint density at radius 3 is 1.83 bits per heavy atom. The molecule has 1 aliphatic rings. The highest BCUT2D eigenvalue weighted by Crippen LogP contribution is 2.41. The van der Waals surface area contributed by atoms with Gasteiger partial charge >= 0.3 is 0 Å². The van der Waals surface area contributed by atoms with E-state index >= 15 is 0 Å². The number of allylic oxidation sites excluding steroid dienone is 4. The molecule has 52 heavy (non-hydrogen) atoms. The minimum absolute atomic E-state index is 0.151. The van der Waals surface area contributed by atoms with Crippen LogP contribution in [-0.4, -0.2) is 14.5 Å². The van der Waals surface area contributed by atoms with Gasteiger partial charge in [0.25, 0.3) is 0 Å². The van der Waals surface area contributed by atoms with Gasteiger partial charge in [0.2, 0.25) is 5.95 Å². The van der Waals surface area contributed by atoms with Crippen molar-refractivity contribution >= 4 is 43.5 Å². The molecule has 2 heterocycles. The first-order valence-electron chi connectivity index (χ1n) is 18.0. The molecule has 3 nitrogen and oxygen atoms in total. The molecule has 2 unspecified atom stereocenters. The molecule has 0 radical (unpaired) electrons. The van der Waals surface area contributed by atoms with Gasteiger partial charge in [-0.15, -0.1) is 0 Å². The maximum Gasteiger partial charge on any atom is 0.235 e. The van der Waals surface area contributed by atoms with Gasteiger partial charge in [-0.1, -0.05) is 153 Å². The number of rotatable bonds is 5. The molecule has 1 aliphatic carbocycles. The maximum absolute atomic E-state index is 5.47. The molecule has 0 fully saturated rings. The summed E-state index contributed by atoms with van der Waals surface area (Å²) in [7, 11) is 0. The molecule has 2 aromatic heterocycles. The molecule has 7 aromatic carbocycles. The van der Waals surface area contributed by atoms with Crippen LogP contribution >= 0.6 is 0 Å². The first-order valence-corrected chi connectivity index (χ1v) is 18.0. The topological polar surface area (TPSA) is 30.7 Å². The fraction of sp³-hybridized carbons (Fsp3) is 0.0612. The van der Waals surface area contributed by atoms with E-state index in [2.05, 4.69) is 194 Å². The van der Waals surface area contributed by atoms with Crippen molar-refractivity contribution in [3.8, 4) is 39.3 Å². The van der Waals surface area contributed by atoms with Crippen molar-refractivity contribution < 1.29 is 0 Å². The van der Waals surface area contributed by atoms with Gasteiger partial charge in [0.15, 0.2) is 0 Å². The number of aromatic nitrogens is 3. The van der Waals surface area contributed by atoms with Crippen molar-refractivity contribution in [3.05, 3.63) is 188 Å². The number of hydrogen-bond acceptors (Lipinski definition) is 2. The molecule has 0 aliphatic heterocycles. The summed E-state index contributed by atoms with van der Waals surface area (Å²) in [5.41, 5.74) is 11.3. The van der Waals surface area contributed by atoms with Gasteiger partial charge in [0.1, 0.15) is 0 Å². The summed E-state index contributed by atoms with van der Waals surface area (Å²) in [6, 6.07) is 56.8. The Bertz CT molecular complexity index is 2800. The third-order valence-electron chi connectivity index (χ3n) is 10.7. The summed E-state index contributed by atoms with van der Waals surface area (Å²) in [5.74, 6) is 1.16. The number of hydrogen-bond donors (Lipinski definition) is 0. The summed E-state index contributed by atoms with van der Waals surface area (Å²) < 4.78 is 2.29. The molecule has 2 atom stereocenters. The Labute approximate surface area is 302 Å². The van der Waals surface area contributed by atoms with Crippen molar-refractivity contribution in [1.82, 2.24) is 14.5 Å². The molecule has 9 aromatic rings. The molecule has 0 bridgehead atoms. The fourth-order valence-corrected chi connectivity index (χ4v) is 8.07. The monoisotopic (exact) mass is 665 g/mol. The van der Waals surface area contributed by atoms with Crippen LogP contribution in [0.1, 0.15) is 18.5 Å². The second-order valence-corrected chi connectivity index (χ2v) is 13.9. The van der Waals surface area contributed by atoms with E-state index < -0.39 is 0 Å². The summed E-state index contributed by atoms with van der Waals surface area (Å²) >= 11 is 0. The van der Waals surface area contributed by atoms with Crippen LogP contribution in [0.3, 0.4) is 0 Å². The number of nitrogens with zero attached hydrogens (tertiary/aromatic N) is 3. The van der Waals surface area contributed by atoms with E-state index in [0.717, 1.165) is 38.8 Å². The Morgan fingerprint density at radius 1 is 0.462 bits per heavy atom. The van der Waals surface area contributed by atoms with E-state index in [1.807, 2.05) is 0 Å². The molecule has 0 N–H and O–H groups in total. The zero-order valence-electron chi connectivity index (χ0n) is 28.8. The zero-order valence-corrected chi connectivity index (χ0v) is 28.8. The lowest BCUT2D eigenvalue weighted by Crippen LogP contribution is -2.13. The molecule has 3 heteroatoms. The van der Waals surface area contributed by atoms with E-state index in [-0.39, 0.29) is 5.92 Å². The molecule has 0 saturated heterocycles. The second-order valence-electron chi connectivity index (χ2n) is 13.9. The highest BCUT2D eigenvalue weighted by Gasteiger charge is 2.24. The van der Waals surface area contributed by atoms with Crippen LogP contribution in [0.4, 0.5) is 0 Å². The predicted octanol–water partition coefficient (Wildman–Crippen LogP) is 12.7. The van der Waals surface area contributed by atoms with E-state index in [9.17, 15) is 0 Å². The summed E-state index contributed by atoms with van der Waals surface area (Å²) in [4.78, 5) is 10.8. The van der Waals surface area contributed by atoms with Crippen LogP contribution in [0.15, 0.2) is 182 Å². The number of benzene rings is 7. The minimum atomic E-state index is 0.151. The average Bonchev–Trinajstić information content (AvgIpc) is 3.55. The van der Waals surface area contributed by atoms with Crippen molar-refractivity contribution in [2.45, 2.75) is 12.8 Å². The molecular weight excluding hydrogens is 631 g/mol. The second kappa shape index (κ2) is 12.3. The standard InChI is InChI=1S/C49H35N3/c1-32-14-8-10-20-40(32)48-42-22-12-13-23-44(42)50-49(51-48)52-45-27-25-35-19-9-11-21-41(35)47(45)43-26-24-36(31-46(43)52)39-29-37(33-15-4-2-5-16-33)28-38(30-39)34-17-6-3-7-18-34/h2-32,40H,1H3. The highest BCUT2D eigenvalue weighted by molar-refractivity contribution is 6.21. The van der Waals surface area contributed by atoms with E-state index in [0.29, 0.717) is 11.9 Å². The van der Waals surface area contributed by atoms with Crippen molar-refractivity contribution in [2.75, 3.05) is 0 Å². The summed E-state index contributed by atoms with van der Waals surface area (Å²) in [6.07, 6.45) is 8.84. The normalized spacial score (nSPS) is 15.6. The third-order valence-corrected chi connectivity index (χ3v) is 10.7. The molecule has 246 valence electrons. The zero-order chi connectivity index (χ0) is 34.6. The molecule has 0 amide bonds. The Balaban J connectivity index is 1.26. The lowest BCUT2D eigenvalue weighted by Gasteiger charge is -2.22. The first kappa shape index (κ1) is 30.3. The largest absolute Gasteiger partial charge is 0.278 e. The van der Waals surface area contributed by atoms with E-state index in [1.165, 1.54) is 43.8 Å². The van der Waals surface area contributed by atoms with Gasteiger partial charge in [0.05, 0.1) is 22.2 Å². The van der Waals surface area contributed by atoms with Crippen molar-refractivity contribution in [3.63, 3.8) is 0 Å². The van der Waals surface area contributed by atoms with Gasteiger partial charge < -0.3 is 0 Å². The highest BCUT2D eigenvalue weighted by atomic mass is 15.2. The number of para-hydroxylation sites is 1. The minimum Gasteiger partial charge on any atom is -0.278 e. The lowest BCUT2D eigenvalue weighted by molar-refractivity contribution is 0.622. The molecule has 10 rings (SSSR count). The smallest absolute Gasteiger partial charge is 0.235 e. The number of fused-ring (bicyclic) bond motifs is 6. The summed E-state index contributed by atoms with van der Waals surface area (Å²) in [6.45, 7) is 2.27. The van der Waals surface area contributed by atoms with Crippen molar-refractivity contribution in [1.29, 1.82) is 0 Å². The SMILES string of the molecule is CC1C=CC=CC1c1nc(-n2c3cc(-c4cc(-c5ccccc5)cc(-c5ccccc5)c4)ccc3c3c4ccccc4ccc32)nc2ccccc12. The van der Waals surface area contributed by atoms with Crippen LogP contribution in [0.25, 0.3) is 82.8 Å². The third kappa shape index (κ3) is 5.05. The van der Waals surface area contributed by atoms with Gasteiger partial charge in [-0.25, -0.2) is 9.97 Å². The lowest BCUT2D eigenvalue weighted by atomic mass is 9.86. The Hall–Kier alpha value is -6.58. The van der Waals surface area contributed by atoms with Gasteiger partial charge in [-0.3, -0.25) is 4.57 Å². The average molecular weight is 666 g/mol. The van der Waals surface area contributed by atoms with Gasteiger partial charge in [-0.05, 0) is 86.5 Å². The summed E-state index contributed by atoms with van der Waals surface area (Å²) in [5, 5.41) is 5.94. The predicted molar refractivity (Wildman–Crippen MR) is 218 cm³/mol. The molecule has 0 saturated carbocycles. The van der Waals surface area contributed by atoms with Crippen LogP contribution in [0, 0.1) is 5.92 Å². The quantitative estimate of drug-likeness (QED) is 0.183.